The summed E-state index contributed by atoms with van der Waals surface area (Å²) in [4.78, 5) is 33.0. The minimum atomic E-state index is -1.45. The summed E-state index contributed by atoms with van der Waals surface area (Å²) in [5.74, 6) is -3.11. The van der Waals surface area contributed by atoms with Crippen molar-refractivity contribution in [2.75, 3.05) is 0 Å². The number of carbonyl (C=O) groups is 3. The zero-order chi connectivity index (χ0) is 16.8. The second-order valence-corrected chi connectivity index (χ2v) is 5.55. The van der Waals surface area contributed by atoms with Crippen LogP contribution >= 0.6 is 0 Å². The van der Waals surface area contributed by atoms with Gasteiger partial charge in [0.15, 0.2) is 0 Å². The van der Waals surface area contributed by atoms with E-state index in [1.807, 2.05) is 0 Å². The molecule has 0 radical (unpaired) electrons. The van der Waals surface area contributed by atoms with Gasteiger partial charge in [0.2, 0.25) is 0 Å². The topological polar surface area (TPSA) is 110 Å². The number of carbonyl (C=O) groups excluding carboxylic acids is 3. The number of carboxylic acids is 1. The van der Waals surface area contributed by atoms with Crippen molar-refractivity contribution in [2.45, 2.75) is 83.6 Å². The van der Waals surface area contributed by atoms with Crippen LogP contribution in [0.5, 0.6) is 0 Å². The van der Waals surface area contributed by atoms with Crippen molar-refractivity contribution in [1.82, 2.24) is 0 Å². The van der Waals surface area contributed by atoms with Gasteiger partial charge in [0, 0.05) is 18.8 Å². The van der Waals surface area contributed by atoms with Crippen LogP contribution in [0.15, 0.2) is 0 Å². The van der Waals surface area contributed by atoms with Gasteiger partial charge in [-0.1, -0.05) is 58.3 Å². The molecule has 0 amide bonds. The van der Waals surface area contributed by atoms with E-state index in [9.17, 15) is 19.5 Å². The van der Waals surface area contributed by atoms with E-state index in [4.69, 9.17) is 5.73 Å². The molecule has 0 aromatic rings. The van der Waals surface area contributed by atoms with Crippen molar-refractivity contribution >= 4 is 17.9 Å². The van der Waals surface area contributed by atoms with Gasteiger partial charge in [-0.15, -0.1) is 0 Å². The first-order valence-electron chi connectivity index (χ1n) is 8.17. The number of aliphatic carboxylic acids is 1. The number of esters is 2. The van der Waals surface area contributed by atoms with Crippen LogP contribution in [0.1, 0.15) is 77.6 Å². The maximum Gasteiger partial charge on any atom is 1.00 e. The van der Waals surface area contributed by atoms with Gasteiger partial charge in [-0.2, -0.15) is 0 Å². The number of hydrogen-bond donors (Lipinski definition) is 1. The van der Waals surface area contributed by atoms with Crippen LogP contribution in [-0.4, -0.2) is 23.9 Å². The van der Waals surface area contributed by atoms with Gasteiger partial charge in [0.25, 0.3) is 0 Å². The maximum atomic E-state index is 11.4. The van der Waals surface area contributed by atoms with Crippen molar-refractivity contribution in [3.63, 3.8) is 0 Å². The van der Waals surface area contributed by atoms with Gasteiger partial charge < -0.3 is 20.4 Å². The Hall–Kier alpha value is 0.206. The molecule has 23 heavy (non-hydrogen) atoms. The SMILES string of the molecule is CCCCCCCCCCCC(=O)OC(=O)C(N)CC(=O)[O-].[K+]. The van der Waals surface area contributed by atoms with E-state index in [0.717, 1.165) is 19.3 Å². The first kappa shape index (κ1) is 25.4. The van der Waals surface area contributed by atoms with Crippen molar-refractivity contribution in [3.05, 3.63) is 0 Å². The zero-order valence-corrected chi connectivity index (χ0v) is 17.6. The molecule has 0 aromatic heterocycles. The monoisotopic (exact) mass is 353 g/mol. The zero-order valence-electron chi connectivity index (χ0n) is 14.5. The van der Waals surface area contributed by atoms with E-state index in [2.05, 4.69) is 11.7 Å². The van der Waals surface area contributed by atoms with Crippen LogP contribution in [0, 0.1) is 0 Å². The largest absolute Gasteiger partial charge is 1.00 e. The third kappa shape index (κ3) is 16.8. The summed E-state index contributed by atoms with van der Waals surface area (Å²) >= 11 is 0. The molecule has 0 rings (SSSR count). The Morgan fingerprint density at radius 2 is 1.43 bits per heavy atom. The Morgan fingerprint density at radius 1 is 0.957 bits per heavy atom. The van der Waals surface area contributed by atoms with Gasteiger partial charge >= 0.3 is 63.3 Å². The molecule has 2 N–H and O–H groups in total. The van der Waals surface area contributed by atoms with E-state index in [1.54, 1.807) is 0 Å². The molecular weight excluding hydrogens is 325 g/mol. The molecule has 0 aliphatic rings. The van der Waals surface area contributed by atoms with Gasteiger partial charge in [-0.25, -0.2) is 4.79 Å². The summed E-state index contributed by atoms with van der Waals surface area (Å²) < 4.78 is 4.49. The fourth-order valence-electron chi connectivity index (χ4n) is 2.08. The van der Waals surface area contributed by atoms with Gasteiger partial charge in [0.05, 0.1) is 0 Å². The van der Waals surface area contributed by atoms with Gasteiger partial charge in [-0.05, 0) is 6.42 Å². The predicted molar refractivity (Wildman–Crippen MR) is 80.5 cm³/mol. The predicted octanol–water partition coefficient (Wildman–Crippen LogP) is -1.55. The van der Waals surface area contributed by atoms with Crippen molar-refractivity contribution < 1.29 is 75.6 Å². The Morgan fingerprint density at radius 3 is 1.91 bits per heavy atom. The summed E-state index contributed by atoms with van der Waals surface area (Å²) in [7, 11) is 0. The molecule has 0 heterocycles. The number of hydrogen-bond acceptors (Lipinski definition) is 6. The number of nitrogens with two attached hydrogens (primary N) is 1. The number of unbranched alkanes of at least 4 members (excludes halogenated alkanes) is 8. The van der Waals surface area contributed by atoms with Crippen molar-refractivity contribution in [1.29, 1.82) is 0 Å². The van der Waals surface area contributed by atoms with Crippen LogP contribution in [0.2, 0.25) is 0 Å². The van der Waals surface area contributed by atoms with Crippen molar-refractivity contribution in [2.24, 2.45) is 5.73 Å². The molecule has 1 atom stereocenters. The maximum absolute atomic E-state index is 11.4. The molecule has 0 saturated heterocycles. The summed E-state index contributed by atoms with van der Waals surface area (Å²) in [5.41, 5.74) is 5.26. The number of rotatable bonds is 13. The molecule has 0 aliphatic carbocycles. The van der Waals surface area contributed by atoms with Gasteiger partial charge in [-0.3, -0.25) is 4.79 Å². The number of ether oxygens (including phenoxy) is 1. The molecule has 0 fully saturated rings. The average molecular weight is 354 g/mol. The van der Waals surface area contributed by atoms with E-state index < -0.39 is 30.4 Å². The molecule has 7 heteroatoms. The molecule has 0 bridgehead atoms. The quantitative estimate of drug-likeness (QED) is 0.186. The molecular formula is C16H28KNO5. The summed E-state index contributed by atoms with van der Waals surface area (Å²) in [6.07, 6.45) is 9.63. The summed E-state index contributed by atoms with van der Waals surface area (Å²) in [5, 5.41) is 10.3. The fourth-order valence-corrected chi connectivity index (χ4v) is 2.08. The van der Waals surface area contributed by atoms with Crippen LogP contribution in [-0.2, 0) is 19.1 Å². The van der Waals surface area contributed by atoms with E-state index in [-0.39, 0.29) is 57.8 Å². The summed E-state index contributed by atoms with van der Waals surface area (Å²) in [6, 6.07) is -1.35. The van der Waals surface area contributed by atoms with E-state index >= 15 is 0 Å². The Bertz CT molecular complexity index is 349. The molecule has 0 saturated carbocycles. The minimum absolute atomic E-state index is 0. The van der Waals surface area contributed by atoms with Crippen LogP contribution in [0.3, 0.4) is 0 Å². The summed E-state index contributed by atoms with van der Waals surface area (Å²) in [6.45, 7) is 2.19. The van der Waals surface area contributed by atoms with E-state index in [0.29, 0.717) is 6.42 Å². The normalized spacial score (nSPS) is 11.4. The Labute approximate surface area is 181 Å². The average Bonchev–Trinajstić information content (AvgIpc) is 2.44. The molecule has 1 unspecified atom stereocenters. The third-order valence-electron chi connectivity index (χ3n) is 3.39. The molecule has 6 nitrogen and oxygen atoms in total. The van der Waals surface area contributed by atoms with Crippen molar-refractivity contribution in [3.8, 4) is 0 Å². The van der Waals surface area contributed by atoms with Gasteiger partial charge in [0.1, 0.15) is 6.04 Å². The minimum Gasteiger partial charge on any atom is -0.550 e. The second-order valence-electron chi connectivity index (χ2n) is 5.55. The van der Waals surface area contributed by atoms with Crippen LogP contribution in [0.25, 0.3) is 0 Å². The third-order valence-corrected chi connectivity index (χ3v) is 3.39. The Balaban J connectivity index is 0. The second kappa shape index (κ2) is 17.0. The first-order chi connectivity index (χ1) is 10.5. The van der Waals surface area contributed by atoms with Crippen LogP contribution in [0.4, 0.5) is 0 Å². The Kier molecular flexibility index (Phi) is 18.9. The molecule has 0 aliphatic heterocycles. The molecule has 128 valence electrons. The van der Waals surface area contributed by atoms with E-state index in [1.165, 1.54) is 32.1 Å². The number of carboxylic acid groups (broad SMARTS) is 1. The molecule has 0 spiro atoms. The molecule has 0 aromatic carbocycles. The standard InChI is InChI=1S/C16H29NO5.K/c1-2-3-4-5-6-7-8-9-10-11-15(20)22-16(21)13(17)12-14(18)19;/h13H,2-12,17H2,1H3,(H,18,19);/q;+1/p-1. The first-order valence-corrected chi connectivity index (χ1v) is 8.17. The fraction of sp³-hybridized carbons (Fsp3) is 0.812. The smallest absolute Gasteiger partial charge is 0.550 e. The van der Waals surface area contributed by atoms with Crippen LogP contribution < -0.4 is 62.2 Å².